The number of esters is 1. The van der Waals surface area contributed by atoms with E-state index < -0.39 is 27.2 Å². The number of carbonyl (C=O) groups excluding carboxylic acids is 3. The van der Waals surface area contributed by atoms with Crippen LogP contribution in [0.3, 0.4) is 0 Å². The largest absolute Gasteiger partial charge is 0.484 e. The predicted molar refractivity (Wildman–Crippen MR) is 161 cm³/mol. The van der Waals surface area contributed by atoms with Crippen LogP contribution in [-0.4, -0.2) is 83.6 Å². The van der Waals surface area contributed by atoms with Crippen molar-refractivity contribution in [1.29, 1.82) is 0 Å². The van der Waals surface area contributed by atoms with Gasteiger partial charge in [-0.2, -0.15) is 4.31 Å². The van der Waals surface area contributed by atoms with Gasteiger partial charge in [0.15, 0.2) is 6.61 Å². The molecule has 2 aliphatic rings. The van der Waals surface area contributed by atoms with Gasteiger partial charge in [0.2, 0.25) is 15.9 Å². The highest BCUT2D eigenvalue weighted by molar-refractivity contribution is 7.89. The summed E-state index contributed by atoms with van der Waals surface area (Å²) < 4.78 is 58.1. The summed E-state index contributed by atoms with van der Waals surface area (Å²) in [6, 6.07) is 10.1. The third kappa shape index (κ3) is 9.88. The number of hydrogen-bond acceptors (Lipinski definition) is 8. The fraction of sp³-hybridized carbons (Fsp3) is 0.500. The molecular formula is C30H39ClFN3O8S. The van der Waals surface area contributed by atoms with Gasteiger partial charge in [-0.05, 0) is 68.5 Å². The number of nitrogens with one attached hydrogen (secondary N) is 2. The second-order valence-corrected chi connectivity index (χ2v) is 12.8. The Balaban J connectivity index is 1.87. The Morgan fingerprint density at radius 1 is 1.09 bits per heavy atom. The molecule has 2 heterocycles. The zero-order chi connectivity index (χ0) is 32.2. The molecular weight excluding hydrogens is 617 g/mol. The van der Waals surface area contributed by atoms with E-state index in [9.17, 15) is 27.2 Å². The van der Waals surface area contributed by atoms with Crippen LogP contribution < -0.4 is 15.4 Å². The molecule has 2 aliphatic heterocycles. The summed E-state index contributed by atoms with van der Waals surface area (Å²) in [6.07, 6.45) is 0.909. The summed E-state index contributed by atoms with van der Waals surface area (Å²) in [5.41, 5.74) is -0.349. The molecule has 0 fully saturated rings. The topological polar surface area (TPSA) is 140 Å². The van der Waals surface area contributed by atoms with E-state index >= 15 is 0 Å². The highest BCUT2D eigenvalue weighted by Crippen LogP contribution is 2.30. The van der Waals surface area contributed by atoms with Crippen molar-refractivity contribution in [1.82, 2.24) is 14.9 Å². The number of rotatable bonds is 7. The Bertz CT molecular complexity index is 1390. The first kappa shape index (κ1) is 35.2. The second-order valence-electron chi connectivity index (χ2n) is 10.4. The van der Waals surface area contributed by atoms with Gasteiger partial charge in [0.25, 0.3) is 5.91 Å². The molecule has 2 aromatic rings. The summed E-state index contributed by atoms with van der Waals surface area (Å²) in [7, 11) is -2.59. The number of methoxy groups -OCH3 is 1. The second kappa shape index (κ2) is 16.7. The van der Waals surface area contributed by atoms with Gasteiger partial charge in [0.05, 0.1) is 21.9 Å². The first-order valence-electron chi connectivity index (χ1n) is 14.4. The molecule has 2 N–H and O–H groups in total. The summed E-state index contributed by atoms with van der Waals surface area (Å²) in [6.45, 7) is 1.99. The number of benzene rings is 2. The van der Waals surface area contributed by atoms with E-state index in [-0.39, 0.29) is 99.8 Å². The van der Waals surface area contributed by atoms with Crippen LogP contribution in [0.2, 0.25) is 5.02 Å². The monoisotopic (exact) mass is 655 g/mol. The van der Waals surface area contributed by atoms with E-state index in [1.165, 1.54) is 11.4 Å². The molecule has 2 bridgehead atoms. The molecule has 11 nitrogen and oxygen atoms in total. The summed E-state index contributed by atoms with van der Waals surface area (Å²) >= 11 is 5.85. The lowest BCUT2D eigenvalue weighted by Gasteiger charge is -2.32. The van der Waals surface area contributed by atoms with Crippen molar-refractivity contribution in [2.75, 3.05) is 53.1 Å². The van der Waals surface area contributed by atoms with Crippen molar-refractivity contribution < 1.29 is 41.4 Å². The number of halogens is 2. The molecule has 0 aliphatic carbocycles. The average molecular weight is 656 g/mol. The van der Waals surface area contributed by atoms with E-state index in [0.29, 0.717) is 5.75 Å². The van der Waals surface area contributed by atoms with Gasteiger partial charge in [-0.3, -0.25) is 14.4 Å². The van der Waals surface area contributed by atoms with Crippen molar-refractivity contribution >= 4 is 39.4 Å². The highest BCUT2D eigenvalue weighted by atomic mass is 35.5. The Labute approximate surface area is 262 Å². The van der Waals surface area contributed by atoms with E-state index in [4.69, 9.17) is 25.8 Å². The minimum absolute atomic E-state index is 0.0184. The van der Waals surface area contributed by atoms with Crippen LogP contribution in [0.15, 0.2) is 47.4 Å². The molecule has 0 aromatic heterocycles. The van der Waals surface area contributed by atoms with Gasteiger partial charge in [-0.25, -0.2) is 12.8 Å². The molecule has 4 rings (SSSR count). The molecule has 1 unspecified atom stereocenters. The molecule has 14 heteroatoms. The van der Waals surface area contributed by atoms with Gasteiger partial charge in [-0.15, -0.1) is 0 Å². The van der Waals surface area contributed by atoms with E-state index in [1.807, 2.05) is 0 Å². The number of hydrogen-bond donors (Lipinski definition) is 2. The smallest absolute Gasteiger partial charge is 0.314 e. The number of carbonyl (C=O) groups is 3. The van der Waals surface area contributed by atoms with E-state index in [0.717, 1.165) is 23.8 Å². The number of nitrogens with zero attached hydrogens (tertiary/aromatic N) is 1. The molecule has 44 heavy (non-hydrogen) atoms. The summed E-state index contributed by atoms with van der Waals surface area (Å²) in [4.78, 5) is 38.5. The van der Waals surface area contributed by atoms with Crippen molar-refractivity contribution in [3.63, 3.8) is 0 Å². The quantitative estimate of drug-likeness (QED) is 0.434. The maximum Gasteiger partial charge on any atom is 0.314 e. The SMILES string of the molecule is CCOC(=O)C1(CCOC)CNC(=O)CCCN(S(=O)(=O)c2ccc(F)c(Cl)c2)CCCNC(=O)COc2ccc(cc2)C1. The van der Waals surface area contributed by atoms with Crippen molar-refractivity contribution in [3.05, 3.63) is 58.9 Å². The van der Waals surface area contributed by atoms with Crippen LogP contribution in [0.1, 0.15) is 38.2 Å². The normalized spacial score (nSPS) is 19.8. The fourth-order valence-electron chi connectivity index (χ4n) is 4.76. The van der Waals surface area contributed by atoms with Gasteiger partial charge in [0, 0.05) is 46.3 Å². The van der Waals surface area contributed by atoms with Crippen LogP contribution in [0.4, 0.5) is 4.39 Å². The van der Waals surface area contributed by atoms with Crippen molar-refractivity contribution in [2.24, 2.45) is 5.41 Å². The number of ether oxygens (including phenoxy) is 3. The third-order valence-electron chi connectivity index (χ3n) is 7.20. The lowest BCUT2D eigenvalue weighted by Crippen LogP contribution is -2.46. The molecule has 242 valence electrons. The van der Waals surface area contributed by atoms with E-state index in [2.05, 4.69) is 10.6 Å². The molecule has 0 saturated carbocycles. The van der Waals surface area contributed by atoms with Gasteiger partial charge in [0.1, 0.15) is 11.6 Å². The highest BCUT2D eigenvalue weighted by Gasteiger charge is 2.40. The molecule has 2 amide bonds. The first-order chi connectivity index (χ1) is 21.0. The lowest BCUT2D eigenvalue weighted by molar-refractivity contribution is -0.156. The standard InChI is InChI=1S/C30H39ClFN3O8S/c1-3-42-29(38)30(13-17-41-2)19-22-7-9-23(10-8-22)43-20-28(37)33-14-5-16-35(15-4-6-27(36)34-21-30)44(39,40)24-11-12-26(32)25(31)18-24/h7-12,18H,3-6,13-17,19-21H2,1-2H3,(H,33,37)(H,34,36). The molecule has 0 radical (unpaired) electrons. The minimum atomic E-state index is -4.11. The van der Waals surface area contributed by atoms with Crippen molar-refractivity contribution in [3.8, 4) is 5.75 Å². The molecule has 0 spiro atoms. The van der Waals surface area contributed by atoms with Gasteiger partial charge >= 0.3 is 5.97 Å². The van der Waals surface area contributed by atoms with E-state index in [1.54, 1.807) is 31.2 Å². The molecule has 0 saturated heterocycles. The molecule has 1 atom stereocenters. The first-order valence-corrected chi connectivity index (χ1v) is 16.2. The van der Waals surface area contributed by atoms with Gasteiger partial charge < -0.3 is 24.8 Å². The summed E-state index contributed by atoms with van der Waals surface area (Å²) in [5.74, 6) is -1.55. The zero-order valence-corrected chi connectivity index (χ0v) is 26.5. The number of amides is 2. The maximum atomic E-state index is 13.7. The fourth-order valence-corrected chi connectivity index (χ4v) is 6.54. The Hall–Kier alpha value is -3.26. The number of sulfonamides is 1. The van der Waals surface area contributed by atoms with Crippen molar-refractivity contribution in [2.45, 2.75) is 43.9 Å². The Morgan fingerprint density at radius 3 is 2.50 bits per heavy atom. The van der Waals surface area contributed by atoms with Gasteiger partial charge in [-0.1, -0.05) is 23.7 Å². The van der Waals surface area contributed by atoms with Crippen LogP contribution in [0.25, 0.3) is 0 Å². The summed E-state index contributed by atoms with van der Waals surface area (Å²) in [5, 5.41) is 5.21. The molecule has 2 aromatic carbocycles. The van der Waals surface area contributed by atoms with Crippen LogP contribution in [0, 0.1) is 11.2 Å². The zero-order valence-electron chi connectivity index (χ0n) is 24.9. The predicted octanol–water partition coefficient (Wildman–Crippen LogP) is 3.09. The van der Waals surface area contributed by atoms with Crippen LogP contribution >= 0.6 is 11.6 Å². The Morgan fingerprint density at radius 2 is 1.82 bits per heavy atom. The third-order valence-corrected chi connectivity index (χ3v) is 9.38. The minimum Gasteiger partial charge on any atom is -0.484 e. The number of fused-ring (bicyclic) bond motifs is 17. The van der Waals surface area contributed by atoms with Crippen LogP contribution in [-0.2, 0) is 40.3 Å². The van der Waals surface area contributed by atoms with Crippen LogP contribution in [0.5, 0.6) is 5.75 Å². The Kier molecular flexibility index (Phi) is 13.4. The average Bonchev–Trinajstić information content (AvgIpc) is 3.00. The lowest BCUT2D eigenvalue weighted by atomic mass is 9.78. The maximum absolute atomic E-state index is 13.7.